The number of rotatable bonds is 3. The van der Waals surface area contributed by atoms with Crippen molar-refractivity contribution in [3.8, 4) is 0 Å². The van der Waals surface area contributed by atoms with Crippen molar-refractivity contribution in [1.82, 2.24) is 15.1 Å². The third-order valence-electron chi connectivity index (χ3n) is 5.07. The second-order valence-electron chi connectivity index (χ2n) is 6.82. The highest BCUT2D eigenvalue weighted by Gasteiger charge is 2.22. The first-order valence-electron chi connectivity index (χ1n) is 9.23. The Balaban J connectivity index is 1.74. The van der Waals surface area contributed by atoms with Crippen molar-refractivity contribution in [2.24, 2.45) is 0 Å². The van der Waals surface area contributed by atoms with Gasteiger partial charge < -0.3 is 5.32 Å². The summed E-state index contributed by atoms with van der Waals surface area (Å²) in [6.07, 6.45) is 20.4. The van der Waals surface area contributed by atoms with Gasteiger partial charge in [0.1, 0.15) is 0 Å². The summed E-state index contributed by atoms with van der Waals surface area (Å²) in [5, 5.41) is 9.27. The smallest absolute Gasteiger partial charge is 0.0740 e. The largest absolute Gasteiger partial charge is 0.317 e. The molecular weight excluding hydrogens is 330 g/mol. The predicted octanol–water partition coefficient (Wildman–Crippen LogP) is 5.01. The first kappa shape index (κ1) is 16.6. The summed E-state index contributed by atoms with van der Waals surface area (Å²) in [5.74, 6) is 0.548. The molecule has 0 amide bonds. The molecule has 0 bridgehead atoms. The number of allylic oxidation sites excluding steroid dienone is 10. The van der Waals surface area contributed by atoms with E-state index in [2.05, 4.69) is 46.4 Å². The van der Waals surface area contributed by atoms with E-state index in [0.29, 0.717) is 5.92 Å². The van der Waals surface area contributed by atoms with E-state index in [1.54, 1.807) is 0 Å². The number of piperidine rings is 1. The van der Waals surface area contributed by atoms with Crippen LogP contribution in [0.25, 0.3) is 11.3 Å². The maximum absolute atomic E-state index is 6.18. The van der Waals surface area contributed by atoms with Crippen LogP contribution in [-0.4, -0.2) is 22.9 Å². The topological polar surface area (TPSA) is 29.9 Å². The van der Waals surface area contributed by atoms with Gasteiger partial charge in [-0.25, -0.2) is 4.68 Å². The molecule has 25 heavy (non-hydrogen) atoms. The molecule has 3 nitrogen and oxygen atoms in total. The molecule has 1 fully saturated rings. The normalized spacial score (nSPS) is 21.6. The van der Waals surface area contributed by atoms with E-state index in [0.717, 1.165) is 50.2 Å². The Morgan fingerprint density at radius 3 is 2.72 bits per heavy atom. The van der Waals surface area contributed by atoms with E-state index >= 15 is 0 Å². The molecule has 0 radical (unpaired) electrons. The highest BCUT2D eigenvalue weighted by atomic mass is 35.5. The van der Waals surface area contributed by atoms with Crippen LogP contribution in [0.3, 0.4) is 0 Å². The third kappa shape index (κ3) is 3.73. The van der Waals surface area contributed by atoms with Crippen molar-refractivity contribution in [3.05, 3.63) is 65.0 Å². The minimum Gasteiger partial charge on any atom is -0.317 e. The molecule has 3 aliphatic rings. The molecule has 1 aliphatic heterocycles. The quantitative estimate of drug-likeness (QED) is 0.828. The van der Waals surface area contributed by atoms with Gasteiger partial charge in [-0.15, -0.1) is 0 Å². The number of halogens is 1. The molecule has 4 rings (SSSR count). The Labute approximate surface area is 154 Å². The predicted molar refractivity (Wildman–Crippen MR) is 105 cm³/mol. The minimum absolute atomic E-state index is 0.548. The van der Waals surface area contributed by atoms with E-state index < -0.39 is 0 Å². The van der Waals surface area contributed by atoms with Crippen LogP contribution in [0.1, 0.15) is 49.4 Å². The first-order chi connectivity index (χ1) is 12.3. The van der Waals surface area contributed by atoms with Crippen LogP contribution in [0.5, 0.6) is 0 Å². The van der Waals surface area contributed by atoms with Crippen molar-refractivity contribution in [2.75, 3.05) is 13.1 Å². The average molecular weight is 354 g/mol. The molecule has 1 N–H and O–H groups in total. The zero-order chi connectivity index (χ0) is 17.1. The number of hydrogen-bond donors (Lipinski definition) is 1. The van der Waals surface area contributed by atoms with Crippen LogP contribution in [0.4, 0.5) is 0 Å². The van der Waals surface area contributed by atoms with Crippen molar-refractivity contribution in [1.29, 1.82) is 0 Å². The third-order valence-corrected chi connectivity index (χ3v) is 5.35. The fraction of sp³-hybridized carbons (Fsp3) is 0.381. The van der Waals surface area contributed by atoms with Crippen molar-refractivity contribution in [2.45, 2.75) is 38.0 Å². The highest BCUT2D eigenvalue weighted by molar-refractivity contribution is 6.31. The molecule has 4 heteroatoms. The Kier molecular flexibility index (Phi) is 5.04. The van der Waals surface area contributed by atoms with Gasteiger partial charge in [0.05, 0.1) is 17.1 Å². The molecule has 2 heterocycles. The maximum atomic E-state index is 6.18. The lowest BCUT2D eigenvalue weighted by Gasteiger charge is -2.20. The summed E-state index contributed by atoms with van der Waals surface area (Å²) in [5.41, 5.74) is 4.76. The molecule has 0 saturated carbocycles. The summed E-state index contributed by atoms with van der Waals surface area (Å²) >= 11 is 6.18. The fourth-order valence-electron chi connectivity index (χ4n) is 3.67. The Bertz CT molecular complexity index is 786. The van der Waals surface area contributed by atoms with Crippen molar-refractivity contribution >= 4 is 22.9 Å². The molecule has 1 aromatic rings. The van der Waals surface area contributed by atoms with Gasteiger partial charge in [-0.1, -0.05) is 42.0 Å². The van der Waals surface area contributed by atoms with Crippen LogP contribution in [0, 0.1) is 0 Å². The number of nitrogens with zero attached hydrogens (tertiary/aromatic N) is 2. The lowest BCUT2D eigenvalue weighted by Crippen LogP contribution is -2.26. The first-order valence-corrected chi connectivity index (χ1v) is 9.61. The number of hydrogen-bond acceptors (Lipinski definition) is 2. The van der Waals surface area contributed by atoms with Crippen molar-refractivity contribution in [3.63, 3.8) is 0 Å². The Morgan fingerprint density at radius 2 is 1.92 bits per heavy atom. The fourth-order valence-corrected chi connectivity index (χ4v) is 3.82. The molecule has 0 spiro atoms. The number of aromatic nitrogens is 2. The standard InChI is InChI=1S/C21H24ClN3/c22-18-6-4-5-17(9-10-18)21-15-20(16-11-13-23-14-12-16)24-25(21)19-7-2-1-3-8-19/h2,5-10,15-16,23H,1,3-4,11-14H2. The van der Waals surface area contributed by atoms with Gasteiger partial charge in [0.25, 0.3) is 0 Å². The molecule has 2 aliphatic carbocycles. The summed E-state index contributed by atoms with van der Waals surface area (Å²) in [6.45, 7) is 2.16. The molecule has 1 saturated heterocycles. The van der Waals surface area contributed by atoms with Gasteiger partial charge in [-0.05, 0) is 69.0 Å². The summed E-state index contributed by atoms with van der Waals surface area (Å²) < 4.78 is 2.13. The van der Waals surface area contributed by atoms with E-state index in [9.17, 15) is 0 Å². The number of nitrogens with one attached hydrogen (secondary N) is 1. The molecular formula is C21H24ClN3. The molecule has 130 valence electrons. The van der Waals surface area contributed by atoms with Gasteiger partial charge in [-0.2, -0.15) is 5.10 Å². The lowest BCUT2D eigenvalue weighted by atomic mass is 9.94. The van der Waals surface area contributed by atoms with E-state index in [1.807, 2.05) is 12.2 Å². The van der Waals surface area contributed by atoms with Crippen LogP contribution in [-0.2, 0) is 0 Å². The second kappa shape index (κ2) is 7.59. The van der Waals surface area contributed by atoms with Crippen LogP contribution < -0.4 is 5.32 Å². The van der Waals surface area contributed by atoms with Gasteiger partial charge in [0.15, 0.2) is 0 Å². The van der Waals surface area contributed by atoms with Gasteiger partial charge in [-0.3, -0.25) is 0 Å². The summed E-state index contributed by atoms with van der Waals surface area (Å²) in [7, 11) is 0. The van der Waals surface area contributed by atoms with E-state index in [4.69, 9.17) is 16.7 Å². The summed E-state index contributed by atoms with van der Waals surface area (Å²) in [6, 6.07) is 2.29. The SMILES string of the molecule is ClC1=CCC=C(c2cc(C3CCNCC3)nn2C2=CCCC=C2)C=C1. The monoisotopic (exact) mass is 353 g/mol. The van der Waals surface area contributed by atoms with Crippen LogP contribution in [0.2, 0.25) is 0 Å². The zero-order valence-electron chi connectivity index (χ0n) is 14.4. The minimum atomic E-state index is 0.548. The Morgan fingerprint density at radius 1 is 1.04 bits per heavy atom. The molecule has 0 atom stereocenters. The van der Waals surface area contributed by atoms with Crippen LogP contribution >= 0.6 is 11.6 Å². The zero-order valence-corrected chi connectivity index (χ0v) is 15.2. The molecule has 0 unspecified atom stereocenters. The average Bonchev–Trinajstić information content (AvgIpc) is 3.00. The molecule has 0 aromatic carbocycles. The van der Waals surface area contributed by atoms with Crippen LogP contribution in [0.15, 0.2) is 53.6 Å². The van der Waals surface area contributed by atoms with Gasteiger partial charge >= 0.3 is 0 Å². The second-order valence-corrected chi connectivity index (χ2v) is 7.25. The van der Waals surface area contributed by atoms with E-state index in [-0.39, 0.29) is 0 Å². The molecule has 1 aromatic heterocycles. The van der Waals surface area contributed by atoms with Crippen molar-refractivity contribution < 1.29 is 0 Å². The summed E-state index contributed by atoms with van der Waals surface area (Å²) in [4.78, 5) is 0. The Hall–Kier alpha value is -1.84. The highest BCUT2D eigenvalue weighted by Crippen LogP contribution is 2.31. The lowest BCUT2D eigenvalue weighted by molar-refractivity contribution is 0.451. The van der Waals surface area contributed by atoms with Gasteiger partial charge in [0.2, 0.25) is 0 Å². The maximum Gasteiger partial charge on any atom is 0.0740 e. The van der Waals surface area contributed by atoms with E-state index in [1.165, 1.54) is 22.7 Å². The van der Waals surface area contributed by atoms with Gasteiger partial charge in [0, 0.05) is 11.0 Å².